The highest BCUT2D eigenvalue weighted by molar-refractivity contribution is 6.31. The number of hydrogen-bond donors (Lipinski definition) is 2. The molecule has 5 nitrogen and oxygen atoms in total. The Morgan fingerprint density at radius 1 is 0.968 bits per heavy atom. The van der Waals surface area contributed by atoms with E-state index in [1.165, 1.54) is 36.4 Å². The standard InChI is InChI=1S/C21H19ClF4N4O/c1-20(2,3)30-19-28-17(12-5-4-6-14(9-12)31-21(24,25)26)11-18(29-19)27-13-7-8-16(23)15(22)10-13/h4-11H,1-3H3,(H2,27,28,29,30). The van der Waals surface area contributed by atoms with Crippen LogP contribution >= 0.6 is 11.6 Å². The van der Waals surface area contributed by atoms with Crippen LogP contribution in [0.1, 0.15) is 20.8 Å². The normalized spacial score (nSPS) is 11.9. The molecule has 0 saturated carbocycles. The SMILES string of the molecule is CC(C)(C)Nc1nc(Nc2ccc(F)c(Cl)c2)cc(-c2cccc(OC(F)(F)F)c2)n1. The first-order valence-corrected chi connectivity index (χ1v) is 9.51. The molecule has 2 aromatic carbocycles. The van der Waals surface area contributed by atoms with Crippen molar-refractivity contribution in [3.05, 3.63) is 59.4 Å². The number of rotatable bonds is 5. The summed E-state index contributed by atoms with van der Waals surface area (Å²) in [4.78, 5) is 8.81. The molecule has 0 fully saturated rings. The minimum Gasteiger partial charge on any atom is -0.406 e. The summed E-state index contributed by atoms with van der Waals surface area (Å²) in [6.45, 7) is 5.73. The Bertz CT molecular complexity index is 1080. The zero-order valence-corrected chi connectivity index (χ0v) is 17.6. The van der Waals surface area contributed by atoms with E-state index in [1.54, 1.807) is 12.1 Å². The first-order valence-electron chi connectivity index (χ1n) is 9.13. The number of ether oxygens (including phenoxy) is 1. The van der Waals surface area contributed by atoms with E-state index in [9.17, 15) is 17.6 Å². The van der Waals surface area contributed by atoms with E-state index in [2.05, 4.69) is 25.3 Å². The molecule has 0 atom stereocenters. The van der Waals surface area contributed by atoms with Gasteiger partial charge in [0.15, 0.2) is 0 Å². The Hall–Kier alpha value is -3.07. The van der Waals surface area contributed by atoms with Gasteiger partial charge in [-0.15, -0.1) is 13.2 Å². The van der Waals surface area contributed by atoms with Crippen LogP contribution < -0.4 is 15.4 Å². The van der Waals surface area contributed by atoms with E-state index in [0.29, 0.717) is 22.8 Å². The van der Waals surface area contributed by atoms with Crippen molar-refractivity contribution in [3.8, 4) is 17.0 Å². The largest absolute Gasteiger partial charge is 0.573 e. The van der Waals surface area contributed by atoms with E-state index in [4.69, 9.17) is 11.6 Å². The van der Waals surface area contributed by atoms with E-state index in [0.717, 1.165) is 0 Å². The summed E-state index contributed by atoms with van der Waals surface area (Å²) in [6.07, 6.45) is -4.81. The highest BCUT2D eigenvalue weighted by Crippen LogP contribution is 2.30. The van der Waals surface area contributed by atoms with Gasteiger partial charge >= 0.3 is 6.36 Å². The highest BCUT2D eigenvalue weighted by atomic mass is 35.5. The summed E-state index contributed by atoms with van der Waals surface area (Å²) in [5.41, 5.74) is 0.842. The average molecular weight is 455 g/mol. The number of aromatic nitrogens is 2. The summed E-state index contributed by atoms with van der Waals surface area (Å²) >= 11 is 5.83. The number of alkyl halides is 3. The summed E-state index contributed by atoms with van der Waals surface area (Å²) in [6, 6.07) is 11.1. The summed E-state index contributed by atoms with van der Waals surface area (Å²) in [7, 11) is 0. The van der Waals surface area contributed by atoms with Crippen LogP contribution in [-0.2, 0) is 0 Å². The summed E-state index contributed by atoms with van der Waals surface area (Å²) in [5, 5.41) is 6.07. The van der Waals surface area contributed by atoms with Gasteiger partial charge < -0.3 is 15.4 Å². The highest BCUT2D eigenvalue weighted by Gasteiger charge is 2.31. The van der Waals surface area contributed by atoms with Crippen molar-refractivity contribution in [2.75, 3.05) is 10.6 Å². The third-order valence-electron chi connectivity index (χ3n) is 3.77. The predicted molar refractivity (Wildman–Crippen MR) is 112 cm³/mol. The molecule has 2 N–H and O–H groups in total. The molecule has 0 spiro atoms. The lowest BCUT2D eigenvalue weighted by atomic mass is 10.1. The third kappa shape index (κ3) is 6.71. The Kier molecular flexibility index (Phi) is 6.26. The van der Waals surface area contributed by atoms with Gasteiger partial charge in [-0.25, -0.2) is 9.37 Å². The topological polar surface area (TPSA) is 59.1 Å². The van der Waals surface area contributed by atoms with E-state index in [1.807, 2.05) is 20.8 Å². The Labute approximate surface area is 181 Å². The first-order chi connectivity index (χ1) is 14.4. The van der Waals surface area contributed by atoms with Crippen molar-refractivity contribution in [3.63, 3.8) is 0 Å². The smallest absolute Gasteiger partial charge is 0.406 e. The fourth-order valence-electron chi connectivity index (χ4n) is 2.62. The lowest BCUT2D eigenvalue weighted by molar-refractivity contribution is -0.274. The molecule has 0 unspecified atom stereocenters. The van der Waals surface area contributed by atoms with E-state index < -0.39 is 12.2 Å². The fourth-order valence-corrected chi connectivity index (χ4v) is 2.81. The zero-order valence-electron chi connectivity index (χ0n) is 16.8. The molecule has 1 heterocycles. The van der Waals surface area contributed by atoms with Crippen LogP contribution in [-0.4, -0.2) is 21.9 Å². The molecule has 0 bridgehead atoms. The second-order valence-corrected chi connectivity index (χ2v) is 8.07. The number of nitrogens with one attached hydrogen (secondary N) is 2. The Balaban J connectivity index is 2.01. The van der Waals surface area contributed by atoms with E-state index in [-0.39, 0.29) is 22.3 Å². The lowest BCUT2D eigenvalue weighted by Crippen LogP contribution is -2.27. The van der Waals surface area contributed by atoms with Crippen LogP contribution in [0, 0.1) is 5.82 Å². The minimum atomic E-state index is -4.81. The van der Waals surface area contributed by atoms with Crippen LogP contribution in [0.2, 0.25) is 5.02 Å². The van der Waals surface area contributed by atoms with Crippen molar-refractivity contribution in [1.29, 1.82) is 0 Å². The zero-order chi connectivity index (χ0) is 22.8. The van der Waals surface area contributed by atoms with Crippen LogP contribution in [0.15, 0.2) is 48.5 Å². The molecule has 0 aliphatic heterocycles. The van der Waals surface area contributed by atoms with Gasteiger partial charge in [0.2, 0.25) is 5.95 Å². The number of nitrogens with zero attached hydrogens (tertiary/aromatic N) is 2. The molecule has 31 heavy (non-hydrogen) atoms. The molecule has 3 rings (SSSR count). The Morgan fingerprint density at radius 3 is 2.35 bits per heavy atom. The van der Waals surface area contributed by atoms with Crippen LogP contribution in [0.4, 0.5) is 35.0 Å². The molecule has 0 amide bonds. The Morgan fingerprint density at radius 2 is 1.71 bits per heavy atom. The van der Waals surface area contributed by atoms with Gasteiger partial charge in [0.05, 0.1) is 10.7 Å². The first kappa shape index (κ1) is 22.6. The molecule has 0 aliphatic rings. The van der Waals surface area contributed by atoms with Gasteiger partial charge in [-0.05, 0) is 51.1 Å². The number of anilines is 3. The van der Waals surface area contributed by atoms with Crippen molar-refractivity contribution >= 4 is 29.1 Å². The molecule has 1 aromatic heterocycles. The second kappa shape index (κ2) is 8.58. The van der Waals surface area contributed by atoms with Crippen molar-refractivity contribution in [2.24, 2.45) is 0 Å². The van der Waals surface area contributed by atoms with Gasteiger partial charge in [0.1, 0.15) is 17.4 Å². The summed E-state index contributed by atoms with van der Waals surface area (Å²) in [5.74, 6) is -0.342. The third-order valence-corrected chi connectivity index (χ3v) is 4.06. The van der Waals surface area contributed by atoms with Crippen LogP contribution in [0.3, 0.4) is 0 Å². The maximum atomic E-state index is 13.4. The van der Waals surface area contributed by atoms with E-state index >= 15 is 0 Å². The molecule has 0 saturated heterocycles. The van der Waals surface area contributed by atoms with Gasteiger partial charge in [0.25, 0.3) is 0 Å². The molecular formula is C21H19ClF4N4O. The van der Waals surface area contributed by atoms with Crippen molar-refractivity contribution in [2.45, 2.75) is 32.7 Å². The van der Waals surface area contributed by atoms with Crippen molar-refractivity contribution < 1.29 is 22.3 Å². The summed E-state index contributed by atoms with van der Waals surface area (Å²) < 4.78 is 55.2. The van der Waals surface area contributed by atoms with Gasteiger partial charge in [0, 0.05) is 22.9 Å². The quantitative estimate of drug-likeness (QED) is 0.416. The average Bonchev–Trinajstić information content (AvgIpc) is 2.62. The van der Waals surface area contributed by atoms with Crippen molar-refractivity contribution in [1.82, 2.24) is 9.97 Å². The number of halogens is 5. The molecule has 0 aliphatic carbocycles. The predicted octanol–water partition coefficient (Wildman–Crippen LogP) is 6.79. The monoisotopic (exact) mass is 454 g/mol. The second-order valence-electron chi connectivity index (χ2n) is 7.67. The van der Waals surface area contributed by atoms with Gasteiger partial charge in [-0.2, -0.15) is 4.98 Å². The lowest BCUT2D eigenvalue weighted by Gasteiger charge is -2.21. The number of benzene rings is 2. The van der Waals surface area contributed by atoms with Gasteiger partial charge in [-0.1, -0.05) is 23.7 Å². The molecule has 164 valence electrons. The molecular weight excluding hydrogens is 436 g/mol. The maximum Gasteiger partial charge on any atom is 0.573 e. The van der Waals surface area contributed by atoms with Crippen LogP contribution in [0.25, 0.3) is 11.3 Å². The van der Waals surface area contributed by atoms with Gasteiger partial charge in [-0.3, -0.25) is 0 Å². The molecule has 3 aromatic rings. The fraction of sp³-hybridized carbons (Fsp3) is 0.238. The number of hydrogen-bond acceptors (Lipinski definition) is 5. The maximum absolute atomic E-state index is 13.4. The molecule has 0 radical (unpaired) electrons. The van der Waals surface area contributed by atoms with Crippen LogP contribution in [0.5, 0.6) is 5.75 Å². The minimum absolute atomic E-state index is 0.0654. The molecule has 10 heteroatoms.